The van der Waals surface area contributed by atoms with Crippen LogP contribution < -0.4 is 9.80 Å². The minimum atomic E-state index is 0.0871. The maximum absolute atomic E-state index is 13.2. The third kappa shape index (κ3) is 4.24. The normalized spacial score (nSPS) is 21.0. The number of benzene rings is 1. The molecule has 4 rings (SSSR count). The average molecular weight is 364 g/mol. The maximum atomic E-state index is 13.2. The number of aromatic nitrogens is 1. The Morgan fingerprint density at radius 3 is 2.48 bits per heavy atom. The van der Waals surface area contributed by atoms with Crippen LogP contribution in [0.3, 0.4) is 0 Å². The van der Waals surface area contributed by atoms with Gasteiger partial charge >= 0.3 is 0 Å². The van der Waals surface area contributed by atoms with Crippen LogP contribution in [0, 0.1) is 5.92 Å². The van der Waals surface area contributed by atoms with Crippen molar-refractivity contribution in [2.24, 2.45) is 5.92 Å². The van der Waals surface area contributed by atoms with Crippen LogP contribution in [0.5, 0.6) is 0 Å². The van der Waals surface area contributed by atoms with E-state index in [1.165, 1.54) is 5.69 Å². The number of anilines is 2. The number of pyridine rings is 1. The van der Waals surface area contributed by atoms with Crippen LogP contribution in [0.15, 0.2) is 54.7 Å². The lowest BCUT2D eigenvalue weighted by Crippen LogP contribution is -2.46. The molecule has 0 N–H and O–H groups in total. The molecule has 0 unspecified atom stereocenters. The molecule has 1 aromatic heterocycles. The van der Waals surface area contributed by atoms with Gasteiger partial charge in [-0.25, -0.2) is 4.98 Å². The number of rotatable bonds is 3. The molecular formula is C22H28N4O. The Kier molecular flexibility index (Phi) is 5.56. The predicted octanol–water partition coefficient (Wildman–Crippen LogP) is 3.04. The SMILES string of the molecule is O=C([C@@H]1CCCN(c2ccccn2)C1)N1CCCN(c2ccccc2)CC1. The van der Waals surface area contributed by atoms with Gasteiger partial charge in [0.1, 0.15) is 5.82 Å². The van der Waals surface area contributed by atoms with Crippen molar-refractivity contribution in [1.82, 2.24) is 9.88 Å². The van der Waals surface area contributed by atoms with Gasteiger partial charge in [-0.1, -0.05) is 24.3 Å². The lowest BCUT2D eigenvalue weighted by atomic mass is 9.96. The summed E-state index contributed by atoms with van der Waals surface area (Å²) in [6.07, 6.45) is 4.89. The largest absolute Gasteiger partial charge is 0.370 e. The number of para-hydroxylation sites is 1. The zero-order valence-electron chi connectivity index (χ0n) is 15.8. The van der Waals surface area contributed by atoms with Crippen LogP contribution in [0.25, 0.3) is 0 Å². The molecule has 1 amide bonds. The number of carbonyl (C=O) groups excluding carboxylic acids is 1. The van der Waals surface area contributed by atoms with E-state index in [4.69, 9.17) is 0 Å². The van der Waals surface area contributed by atoms with Crippen molar-refractivity contribution < 1.29 is 4.79 Å². The lowest BCUT2D eigenvalue weighted by molar-refractivity contribution is -0.135. The highest BCUT2D eigenvalue weighted by atomic mass is 16.2. The first-order valence-corrected chi connectivity index (χ1v) is 10.1. The Balaban J connectivity index is 1.37. The first-order chi connectivity index (χ1) is 13.3. The van der Waals surface area contributed by atoms with Crippen molar-refractivity contribution >= 4 is 17.4 Å². The fraction of sp³-hybridized carbons (Fsp3) is 0.455. The van der Waals surface area contributed by atoms with Gasteiger partial charge in [-0.05, 0) is 43.5 Å². The molecule has 142 valence electrons. The fourth-order valence-corrected chi connectivity index (χ4v) is 4.22. The van der Waals surface area contributed by atoms with E-state index in [1.807, 2.05) is 30.5 Å². The molecular weight excluding hydrogens is 336 g/mol. The van der Waals surface area contributed by atoms with Crippen molar-refractivity contribution in [2.75, 3.05) is 49.1 Å². The van der Waals surface area contributed by atoms with Crippen molar-refractivity contribution in [2.45, 2.75) is 19.3 Å². The third-order valence-corrected chi connectivity index (χ3v) is 5.67. The van der Waals surface area contributed by atoms with Gasteiger partial charge in [0, 0.05) is 51.2 Å². The van der Waals surface area contributed by atoms with Gasteiger partial charge in [0.15, 0.2) is 0 Å². The van der Waals surface area contributed by atoms with E-state index in [0.29, 0.717) is 5.91 Å². The molecule has 2 aliphatic heterocycles. The van der Waals surface area contributed by atoms with Gasteiger partial charge in [-0.2, -0.15) is 0 Å². The predicted molar refractivity (Wildman–Crippen MR) is 109 cm³/mol. The van der Waals surface area contributed by atoms with Gasteiger partial charge in [-0.3, -0.25) is 4.79 Å². The minimum Gasteiger partial charge on any atom is -0.370 e. The summed E-state index contributed by atoms with van der Waals surface area (Å²) < 4.78 is 0. The molecule has 0 aliphatic carbocycles. The minimum absolute atomic E-state index is 0.0871. The number of hydrogen-bond donors (Lipinski definition) is 0. The topological polar surface area (TPSA) is 39.7 Å². The summed E-state index contributed by atoms with van der Waals surface area (Å²) in [4.78, 5) is 24.4. The summed E-state index contributed by atoms with van der Waals surface area (Å²) in [5.41, 5.74) is 1.26. The second-order valence-corrected chi connectivity index (χ2v) is 7.47. The number of hydrogen-bond acceptors (Lipinski definition) is 4. The van der Waals surface area contributed by atoms with Crippen LogP contribution in [0.2, 0.25) is 0 Å². The second-order valence-electron chi connectivity index (χ2n) is 7.47. The Morgan fingerprint density at radius 1 is 0.852 bits per heavy atom. The van der Waals surface area contributed by atoms with Gasteiger partial charge in [0.05, 0.1) is 5.92 Å². The Morgan fingerprint density at radius 2 is 1.67 bits per heavy atom. The number of amides is 1. The Bertz CT molecular complexity index is 736. The molecule has 27 heavy (non-hydrogen) atoms. The average Bonchev–Trinajstić information content (AvgIpc) is 3.01. The molecule has 0 saturated carbocycles. The van der Waals surface area contributed by atoms with E-state index < -0.39 is 0 Å². The monoisotopic (exact) mass is 364 g/mol. The van der Waals surface area contributed by atoms with Crippen LogP contribution in [-0.4, -0.2) is 55.1 Å². The Hall–Kier alpha value is -2.56. The van der Waals surface area contributed by atoms with Gasteiger partial charge in [-0.15, -0.1) is 0 Å². The van der Waals surface area contributed by atoms with Crippen molar-refractivity contribution in [3.8, 4) is 0 Å². The number of piperidine rings is 1. The summed E-state index contributed by atoms with van der Waals surface area (Å²) in [6, 6.07) is 16.5. The van der Waals surface area contributed by atoms with Crippen LogP contribution in [0.4, 0.5) is 11.5 Å². The van der Waals surface area contributed by atoms with Crippen LogP contribution in [-0.2, 0) is 4.79 Å². The van der Waals surface area contributed by atoms with Crippen molar-refractivity contribution in [1.29, 1.82) is 0 Å². The highest BCUT2D eigenvalue weighted by Gasteiger charge is 2.30. The molecule has 3 heterocycles. The summed E-state index contributed by atoms with van der Waals surface area (Å²) >= 11 is 0. The molecule has 2 saturated heterocycles. The molecule has 2 fully saturated rings. The molecule has 0 bridgehead atoms. The molecule has 0 spiro atoms. The van der Waals surface area contributed by atoms with E-state index >= 15 is 0 Å². The van der Waals surface area contributed by atoms with Crippen molar-refractivity contribution in [3.63, 3.8) is 0 Å². The van der Waals surface area contributed by atoms with Gasteiger partial charge < -0.3 is 14.7 Å². The third-order valence-electron chi connectivity index (χ3n) is 5.67. The summed E-state index contributed by atoms with van der Waals surface area (Å²) in [5.74, 6) is 1.40. The summed E-state index contributed by atoms with van der Waals surface area (Å²) in [7, 11) is 0. The molecule has 2 aliphatic rings. The van der Waals surface area contributed by atoms with E-state index in [0.717, 1.165) is 64.3 Å². The molecule has 1 aromatic carbocycles. The zero-order valence-corrected chi connectivity index (χ0v) is 15.8. The van der Waals surface area contributed by atoms with Gasteiger partial charge in [0.2, 0.25) is 5.91 Å². The Labute approximate surface area is 161 Å². The molecule has 1 atom stereocenters. The highest BCUT2D eigenvalue weighted by Crippen LogP contribution is 2.24. The van der Waals surface area contributed by atoms with E-state index in [9.17, 15) is 4.79 Å². The maximum Gasteiger partial charge on any atom is 0.227 e. The van der Waals surface area contributed by atoms with Crippen LogP contribution in [0.1, 0.15) is 19.3 Å². The molecule has 5 nitrogen and oxygen atoms in total. The smallest absolute Gasteiger partial charge is 0.227 e. The first-order valence-electron chi connectivity index (χ1n) is 10.1. The fourth-order valence-electron chi connectivity index (χ4n) is 4.22. The van der Waals surface area contributed by atoms with Crippen molar-refractivity contribution in [3.05, 3.63) is 54.7 Å². The summed E-state index contributed by atoms with van der Waals surface area (Å²) in [5, 5.41) is 0. The second kappa shape index (κ2) is 8.42. The van der Waals surface area contributed by atoms with E-state index in [1.54, 1.807) is 0 Å². The lowest BCUT2D eigenvalue weighted by Gasteiger charge is -2.35. The standard InChI is InChI=1S/C22H28N4O/c27-22(19-8-6-13-26(18-19)21-11-4-5-12-23-21)25-15-7-14-24(16-17-25)20-9-2-1-3-10-20/h1-5,9-12,19H,6-8,13-18H2/t19-/m1/s1. The molecule has 2 aromatic rings. The van der Waals surface area contributed by atoms with Crippen LogP contribution >= 0.6 is 0 Å². The van der Waals surface area contributed by atoms with Gasteiger partial charge in [0.25, 0.3) is 0 Å². The zero-order chi connectivity index (χ0) is 18.5. The first kappa shape index (κ1) is 17.8. The van der Waals surface area contributed by atoms with E-state index in [2.05, 4.69) is 43.9 Å². The van der Waals surface area contributed by atoms with E-state index in [-0.39, 0.29) is 5.92 Å². The molecule has 0 radical (unpaired) electrons. The number of nitrogens with zero attached hydrogens (tertiary/aromatic N) is 4. The highest BCUT2D eigenvalue weighted by molar-refractivity contribution is 5.80. The molecule has 5 heteroatoms. The number of carbonyl (C=O) groups is 1. The summed E-state index contributed by atoms with van der Waals surface area (Å²) in [6.45, 7) is 5.37. The quantitative estimate of drug-likeness (QED) is 0.839.